The first-order valence-corrected chi connectivity index (χ1v) is 12.2. The van der Waals surface area contributed by atoms with Gasteiger partial charge in [0.05, 0.1) is 17.5 Å². The van der Waals surface area contributed by atoms with Gasteiger partial charge in [-0.2, -0.15) is 22.0 Å². The maximum Gasteiger partial charge on any atom is 0.453 e. The lowest BCUT2D eigenvalue weighted by Gasteiger charge is -2.25. The number of nitrogen functional groups attached to an aromatic ring is 1. The van der Waals surface area contributed by atoms with Crippen molar-refractivity contribution >= 4 is 34.8 Å². The molecule has 3 aliphatic heterocycles. The van der Waals surface area contributed by atoms with Crippen molar-refractivity contribution < 1.29 is 26.7 Å². The van der Waals surface area contributed by atoms with Crippen LogP contribution < -0.4 is 16.5 Å². The van der Waals surface area contributed by atoms with Crippen LogP contribution in [0.25, 0.3) is 5.70 Å². The van der Waals surface area contributed by atoms with Gasteiger partial charge in [-0.25, -0.2) is 25.4 Å². The maximum atomic E-state index is 13.6. The van der Waals surface area contributed by atoms with Crippen LogP contribution in [0, 0.1) is 0 Å². The highest BCUT2D eigenvalue weighted by Crippen LogP contribution is 2.46. The number of rotatable bonds is 6. The van der Waals surface area contributed by atoms with Crippen molar-refractivity contribution in [3.8, 4) is 0 Å². The Labute approximate surface area is 218 Å². The van der Waals surface area contributed by atoms with Gasteiger partial charge in [0.15, 0.2) is 11.7 Å². The number of halogens is 5. The van der Waals surface area contributed by atoms with Crippen molar-refractivity contribution in [2.45, 2.75) is 56.0 Å². The summed E-state index contributed by atoms with van der Waals surface area (Å²) in [6.45, 7) is 1.76. The molecule has 1 fully saturated rings. The summed E-state index contributed by atoms with van der Waals surface area (Å²) in [6, 6.07) is 3.72. The van der Waals surface area contributed by atoms with Crippen molar-refractivity contribution in [1.82, 2.24) is 25.4 Å². The molecule has 0 radical (unpaired) electrons. The monoisotopic (exact) mass is 547 g/mol. The first-order chi connectivity index (χ1) is 18.4. The molecule has 1 unspecified atom stereocenters. The molecule has 4 aliphatic rings. The zero-order chi connectivity index (χ0) is 27.7. The fourth-order valence-electron chi connectivity index (χ4n) is 4.83. The van der Waals surface area contributed by atoms with E-state index in [1.165, 1.54) is 11.2 Å². The highest BCUT2D eigenvalue weighted by atomic mass is 19.4. The van der Waals surface area contributed by atoms with Crippen LogP contribution in [0.3, 0.4) is 0 Å². The summed E-state index contributed by atoms with van der Waals surface area (Å²) in [5.74, 6) is -4.65. The summed E-state index contributed by atoms with van der Waals surface area (Å²) in [6.07, 6.45) is -2.66. The van der Waals surface area contributed by atoms with E-state index < -0.39 is 30.4 Å². The number of nitrogens with two attached hydrogens (primary N) is 1. The fourth-order valence-corrected chi connectivity index (χ4v) is 4.83. The molecule has 4 N–H and O–H groups in total. The van der Waals surface area contributed by atoms with Crippen molar-refractivity contribution in [2.24, 2.45) is 9.98 Å². The van der Waals surface area contributed by atoms with Gasteiger partial charge in [0.25, 0.3) is 0 Å². The van der Waals surface area contributed by atoms with Gasteiger partial charge in [0.1, 0.15) is 29.4 Å². The minimum absolute atomic E-state index is 0.0165. The maximum absolute atomic E-state index is 13.6. The van der Waals surface area contributed by atoms with E-state index in [2.05, 4.69) is 35.7 Å². The number of carbonyl (C=O) groups is 1. The van der Waals surface area contributed by atoms with Gasteiger partial charge in [-0.05, 0) is 37.8 Å². The van der Waals surface area contributed by atoms with Crippen LogP contribution >= 0.6 is 0 Å². The van der Waals surface area contributed by atoms with Crippen LogP contribution in [0.15, 0.2) is 34.5 Å². The highest BCUT2D eigenvalue weighted by Gasteiger charge is 2.57. The molecule has 0 aromatic carbocycles. The molecule has 39 heavy (non-hydrogen) atoms. The summed E-state index contributed by atoms with van der Waals surface area (Å²) < 4.78 is 65.4. The number of aliphatic imine (C=N–C) groups is 2. The molecule has 204 valence electrons. The Kier molecular flexibility index (Phi) is 5.51. The van der Waals surface area contributed by atoms with E-state index in [1.807, 2.05) is 12.1 Å². The molecule has 6 rings (SSSR count). The number of hydrogen-bond acceptors (Lipinski definition) is 9. The lowest BCUT2D eigenvalue weighted by molar-refractivity contribution is -0.283. The first kappa shape index (κ1) is 25.3. The molecule has 2 aromatic heterocycles. The topological polar surface area (TPSA) is 134 Å². The van der Waals surface area contributed by atoms with Crippen LogP contribution in [0.5, 0.6) is 0 Å². The minimum atomic E-state index is -5.69. The van der Waals surface area contributed by atoms with Crippen molar-refractivity contribution in [1.29, 1.82) is 0 Å². The average molecular weight is 547 g/mol. The zero-order valence-corrected chi connectivity index (χ0v) is 20.5. The third-order valence-electron chi connectivity index (χ3n) is 7.26. The van der Waals surface area contributed by atoms with Crippen molar-refractivity contribution in [3.63, 3.8) is 0 Å². The molecular formula is C24H22F5N9O. The second-order valence-corrected chi connectivity index (χ2v) is 9.92. The molecule has 15 heteroatoms. The van der Waals surface area contributed by atoms with Gasteiger partial charge in [0.2, 0.25) is 5.91 Å². The molecule has 0 spiro atoms. The smallest absolute Gasteiger partial charge is 0.383 e. The van der Waals surface area contributed by atoms with Gasteiger partial charge >= 0.3 is 12.1 Å². The number of fused-ring (bicyclic) bond motifs is 2. The molecule has 1 atom stereocenters. The molecule has 2 aromatic rings. The number of aromatic nitrogens is 3. The van der Waals surface area contributed by atoms with Gasteiger partial charge in [-0.15, -0.1) is 0 Å². The van der Waals surface area contributed by atoms with Gasteiger partial charge < -0.3 is 11.1 Å². The summed E-state index contributed by atoms with van der Waals surface area (Å²) in [4.78, 5) is 34.8. The van der Waals surface area contributed by atoms with Crippen LogP contribution in [-0.2, 0) is 10.2 Å². The van der Waals surface area contributed by atoms with E-state index in [4.69, 9.17) is 5.73 Å². The number of nitrogens with one attached hydrogen (secondary N) is 2. The normalized spacial score (nSPS) is 22.7. The largest absolute Gasteiger partial charge is 0.453 e. The third kappa shape index (κ3) is 4.11. The Hall–Kier alpha value is -4.01. The second-order valence-electron chi connectivity index (χ2n) is 9.92. The van der Waals surface area contributed by atoms with Crippen molar-refractivity contribution in [3.05, 3.63) is 47.2 Å². The lowest BCUT2D eigenvalue weighted by atomic mass is 9.78. The molecule has 0 saturated heterocycles. The summed E-state index contributed by atoms with van der Waals surface area (Å²) in [5.41, 5.74) is 9.82. The molecule has 0 bridgehead atoms. The number of hydrazine groups is 1. The number of carbonyl (C=O) groups excluding carboxylic acids is 1. The molecule has 1 amide bonds. The van der Waals surface area contributed by atoms with E-state index in [0.29, 0.717) is 17.0 Å². The Bertz CT molecular complexity index is 1460. The predicted octanol–water partition coefficient (Wildman–Crippen LogP) is 3.50. The second kappa shape index (κ2) is 8.49. The first-order valence-electron chi connectivity index (χ1n) is 12.2. The van der Waals surface area contributed by atoms with Crippen LogP contribution in [0.2, 0.25) is 0 Å². The molecule has 5 heterocycles. The fraction of sp³-hybridized carbons (Fsp3) is 0.417. The molecule has 1 saturated carbocycles. The van der Waals surface area contributed by atoms with Crippen LogP contribution in [0.1, 0.15) is 61.2 Å². The van der Waals surface area contributed by atoms with Gasteiger partial charge in [-0.1, -0.05) is 6.07 Å². The standard InChI is InChI=1S/C24H22F5N9O/c1-22(12-4-5-13(31-8-12)11-2-3-11)16-17(30)35-18(36-19(16)37-21(22)39)15-9-38-20(32-10-33-38)14(34-15)6-7-23(25,26)24(27,28)29/h4-5,8-9,11,33H,2-3,6-7,10H2,1H3,(H3,30,35,36,37,39). The van der Waals surface area contributed by atoms with Crippen LogP contribution in [-0.4, -0.2) is 56.2 Å². The highest BCUT2D eigenvalue weighted by molar-refractivity contribution is 6.43. The Morgan fingerprint density at radius 3 is 2.62 bits per heavy atom. The zero-order valence-electron chi connectivity index (χ0n) is 20.5. The number of hydrogen-bond donors (Lipinski definition) is 3. The number of anilines is 2. The Morgan fingerprint density at radius 2 is 1.95 bits per heavy atom. The number of amidine groups is 1. The van der Waals surface area contributed by atoms with Crippen molar-refractivity contribution in [2.75, 3.05) is 17.7 Å². The van der Waals surface area contributed by atoms with E-state index in [-0.39, 0.29) is 47.3 Å². The van der Waals surface area contributed by atoms with Gasteiger partial charge in [-0.3, -0.25) is 14.8 Å². The van der Waals surface area contributed by atoms with Gasteiger partial charge in [0, 0.05) is 24.2 Å². The summed E-state index contributed by atoms with van der Waals surface area (Å²) in [7, 11) is 0. The number of pyridine rings is 1. The summed E-state index contributed by atoms with van der Waals surface area (Å²) in [5, 5.41) is 4.08. The average Bonchev–Trinajstić information content (AvgIpc) is 3.56. The Balaban J connectivity index is 1.33. The predicted molar refractivity (Wildman–Crippen MR) is 131 cm³/mol. The quantitative estimate of drug-likeness (QED) is 0.472. The molecular weight excluding hydrogens is 525 g/mol. The Morgan fingerprint density at radius 1 is 1.18 bits per heavy atom. The lowest BCUT2D eigenvalue weighted by Crippen LogP contribution is -2.41. The SMILES string of the molecule is CC1(c2ccc(C3CC3)nc2)C(=O)Nc2nc(C3=CN4NCN=C4C(CCC(F)(F)C(F)(F)F)=N3)nc(N)c21. The number of amides is 1. The minimum Gasteiger partial charge on any atom is -0.383 e. The number of alkyl halides is 5. The third-order valence-corrected chi connectivity index (χ3v) is 7.26. The molecule has 1 aliphatic carbocycles. The van der Waals surface area contributed by atoms with E-state index in [0.717, 1.165) is 18.5 Å². The number of nitrogens with zero attached hydrogens (tertiary/aromatic N) is 6. The summed E-state index contributed by atoms with van der Waals surface area (Å²) >= 11 is 0. The van der Waals surface area contributed by atoms with Crippen LogP contribution in [0.4, 0.5) is 33.6 Å². The van der Waals surface area contributed by atoms with E-state index >= 15 is 0 Å². The molecule has 10 nitrogen and oxygen atoms in total. The van der Waals surface area contributed by atoms with E-state index in [1.54, 1.807) is 13.1 Å². The van der Waals surface area contributed by atoms with E-state index in [9.17, 15) is 26.7 Å².